The fourth-order valence-corrected chi connectivity index (χ4v) is 9.42. The molecule has 6 aromatic rings. The Labute approximate surface area is 287 Å². The third kappa shape index (κ3) is 6.18. The quantitative estimate of drug-likeness (QED) is 0.165. The minimum atomic E-state index is -0.0932. The fourth-order valence-electron chi connectivity index (χ4n) is 7.09. The molecule has 2 amide bonds. The van der Waals surface area contributed by atoms with Crippen molar-refractivity contribution in [3.8, 4) is 0 Å². The van der Waals surface area contributed by atoms with Crippen LogP contribution >= 0.6 is 21.6 Å². The number of hydrogen-bond donors (Lipinski definition) is 2. The summed E-state index contributed by atoms with van der Waals surface area (Å²) in [7, 11) is 3.07. The van der Waals surface area contributed by atoms with Gasteiger partial charge in [-0.05, 0) is 97.2 Å². The van der Waals surface area contributed by atoms with Gasteiger partial charge in [-0.25, -0.2) is 0 Å². The molecule has 4 aromatic carbocycles. The van der Waals surface area contributed by atoms with Crippen LogP contribution in [0.25, 0.3) is 21.8 Å². The highest BCUT2D eigenvalue weighted by molar-refractivity contribution is 8.76. The largest absolute Gasteiger partial charge is 0.345 e. The molecule has 0 saturated heterocycles. The molecule has 0 radical (unpaired) electrons. The van der Waals surface area contributed by atoms with Gasteiger partial charge < -0.3 is 10.6 Å². The molecule has 2 aromatic heterocycles. The first-order valence-electron chi connectivity index (χ1n) is 16.5. The molecule has 0 bridgehead atoms. The van der Waals surface area contributed by atoms with E-state index in [0.717, 1.165) is 70.1 Å². The third-order valence-corrected chi connectivity index (χ3v) is 11.8. The van der Waals surface area contributed by atoms with E-state index in [1.165, 1.54) is 43.8 Å². The van der Waals surface area contributed by atoms with E-state index in [9.17, 15) is 9.59 Å². The highest BCUT2D eigenvalue weighted by Gasteiger charge is 2.24. The van der Waals surface area contributed by atoms with Crippen molar-refractivity contribution in [1.82, 2.24) is 20.6 Å². The molecule has 2 aliphatic carbocycles. The molecule has 0 spiro atoms. The Kier molecular flexibility index (Phi) is 8.59. The number of nitrogens with zero attached hydrogens (tertiary/aromatic N) is 2. The predicted octanol–water partition coefficient (Wildman–Crippen LogP) is 9.20. The molecule has 2 heterocycles. The highest BCUT2D eigenvalue weighted by Crippen LogP contribution is 2.43. The SMILES string of the molecule is O=C(NC1CCCc2ccccc21)c1cc(SSc2cc(C(=O)NC3CCCc4ccccc43)cc3cccnc23)c2ncccc2c1. The Balaban J connectivity index is 1.07. The summed E-state index contributed by atoms with van der Waals surface area (Å²) in [5.41, 5.74) is 7.90. The number of pyridine rings is 2. The molecule has 0 fully saturated rings. The van der Waals surface area contributed by atoms with Crippen LogP contribution in [0.5, 0.6) is 0 Å². The van der Waals surface area contributed by atoms with E-state index < -0.39 is 0 Å². The number of hydrogen-bond acceptors (Lipinski definition) is 6. The maximum absolute atomic E-state index is 13.7. The van der Waals surface area contributed by atoms with Gasteiger partial charge in [0.15, 0.2) is 0 Å². The lowest BCUT2D eigenvalue weighted by Gasteiger charge is -2.26. The number of fused-ring (bicyclic) bond motifs is 4. The number of aromatic nitrogens is 2. The van der Waals surface area contributed by atoms with E-state index in [1.54, 1.807) is 12.4 Å². The lowest BCUT2D eigenvalue weighted by molar-refractivity contribution is 0.0924. The molecule has 238 valence electrons. The molecule has 6 nitrogen and oxygen atoms in total. The predicted molar refractivity (Wildman–Crippen MR) is 194 cm³/mol. The Hall–Kier alpha value is -4.66. The zero-order chi connectivity index (χ0) is 32.5. The number of carbonyl (C=O) groups excluding carboxylic acids is 2. The summed E-state index contributed by atoms with van der Waals surface area (Å²) in [6.07, 6.45) is 9.59. The van der Waals surface area contributed by atoms with E-state index in [1.807, 2.05) is 60.7 Å². The standard InChI is InChI=1S/C40H34N4O2S2/c45-39(43-33-17-5-11-25-9-1-3-15-31(25)33)29-21-27-13-7-19-41-37(27)35(23-29)47-48-36-24-30(22-28-14-8-20-42-38(28)36)40(46)44-34-18-6-12-26-10-2-4-16-32(26)34/h1-4,7-10,13-16,19-24,33-34H,5-6,11-12,17-18H2,(H,43,45)(H,44,46). The molecule has 0 saturated carbocycles. The minimum absolute atomic E-state index is 0.00839. The zero-order valence-electron chi connectivity index (χ0n) is 26.3. The molecule has 2 atom stereocenters. The number of aryl methyl sites for hydroxylation is 2. The molecule has 8 heteroatoms. The number of benzene rings is 4. The first kappa shape index (κ1) is 30.7. The molecule has 8 rings (SSSR count). The van der Waals surface area contributed by atoms with Gasteiger partial charge >= 0.3 is 0 Å². The lowest BCUT2D eigenvalue weighted by atomic mass is 9.87. The number of rotatable bonds is 7. The van der Waals surface area contributed by atoms with Gasteiger partial charge in [-0.2, -0.15) is 0 Å². The molecular weight excluding hydrogens is 633 g/mol. The third-order valence-electron chi connectivity index (χ3n) is 9.43. The number of nitrogens with one attached hydrogen (secondary N) is 2. The Morgan fingerprint density at radius 3 is 1.52 bits per heavy atom. The van der Waals surface area contributed by atoms with Crippen LogP contribution in [0, 0.1) is 0 Å². The molecule has 2 unspecified atom stereocenters. The molecule has 2 N–H and O–H groups in total. The van der Waals surface area contributed by atoms with Crippen LogP contribution in [-0.4, -0.2) is 21.8 Å². The summed E-state index contributed by atoms with van der Waals surface area (Å²) in [5, 5.41) is 8.43. The van der Waals surface area contributed by atoms with Gasteiger partial charge in [0.25, 0.3) is 11.8 Å². The van der Waals surface area contributed by atoms with Crippen molar-refractivity contribution in [2.75, 3.05) is 0 Å². The second kappa shape index (κ2) is 13.5. The summed E-state index contributed by atoms with van der Waals surface area (Å²) in [4.78, 5) is 38.6. The molecule has 2 aliphatic rings. The normalized spacial score (nSPS) is 17.0. The maximum atomic E-state index is 13.7. The molecule has 0 aliphatic heterocycles. The molecule has 48 heavy (non-hydrogen) atoms. The molecular formula is C40H34N4O2S2. The highest BCUT2D eigenvalue weighted by atomic mass is 33.1. The topological polar surface area (TPSA) is 84.0 Å². The summed E-state index contributed by atoms with van der Waals surface area (Å²) < 4.78 is 0. The van der Waals surface area contributed by atoms with E-state index in [2.05, 4.69) is 57.0 Å². The maximum Gasteiger partial charge on any atom is 0.251 e. The van der Waals surface area contributed by atoms with Crippen LogP contribution < -0.4 is 10.6 Å². The van der Waals surface area contributed by atoms with Crippen molar-refractivity contribution in [3.63, 3.8) is 0 Å². The van der Waals surface area contributed by atoms with E-state index in [4.69, 9.17) is 0 Å². The zero-order valence-corrected chi connectivity index (χ0v) is 28.0. The van der Waals surface area contributed by atoms with Gasteiger partial charge in [-0.3, -0.25) is 19.6 Å². The van der Waals surface area contributed by atoms with Crippen LogP contribution in [-0.2, 0) is 12.8 Å². The summed E-state index contributed by atoms with van der Waals surface area (Å²) >= 11 is 0. The first-order valence-corrected chi connectivity index (χ1v) is 18.6. The minimum Gasteiger partial charge on any atom is -0.345 e. The Bertz CT molecular complexity index is 2030. The van der Waals surface area contributed by atoms with Crippen molar-refractivity contribution >= 4 is 55.2 Å². The average molecular weight is 667 g/mol. The van der Waals surface area contributed by atoms with E-state index >= 15 is 0 Å². The monoisotopic (exact) mass is 666 g/mol. The van der Waals surface area contributed by atoms with Crippen molar-refractivity contribution in [2.45, 2.75) is 60.4 Å². The van der Waals surface area contributed by atoms with Gasteiger partial charge in [-0.15, -0.1) is 0 Å². The van der Waals surface area contributed by atoms with Crippen molar-refractivity contribution < 1.29 is 9.59 Å². The Morgan fingerprint density at radius 2 is 1.04 bits per heavy atom. The van der Waals surface area contributed by atoms with E-state index in [0.29, 0.717) is 11.1 Å². The number of carbonyl (C=O) groups is 2. The van der Waals surface area contributed by atoms with Gasteiger partial charge in [0.05, 0.1) is 23.1 Å². The fraction of sp³-hybridized carbons (Fsp3) is 0.200. The second-order valence-electron chi connectivity index (χ2n) is 12.5. The average Bonchev–Trinajstić information content (AvgIpc) is 3.13. The number of amides is 2. The summed E-state index contributed by atoms with van der Waals surface area (Å²) in [6, 6.07) is 32.3. The first-order chi connectivity index (χ1) is 23.6. The van der Waals surface area contributed by atoms with Crippen LogP contribution in [0.2, 0.25) is 0 Å². The van der Waals surface area contributed by atoms with Gasteiger partial charge in [0.1, 0.15) is 0 Å². The van der Waals surface area contributed by atoms with Crippen molar-refractivity contribution in [2.24, 2.45) is 0 Å². The van der Waals surface area contributed by atoms with Gasteiger partial charge in [0, 0.05) is 44.1 Å². The van der Waals surface area contributed by atoms with Crippen LogP contribution in [0.15, 0.2) is 119 Å². The van der Waals surface area contributed by atoms with Crippen LogP contribution in [0.3, 0.4) is 0 Å². The van der Waals surface area contributed by atoms with Crippen LogP contribution in [0.1, 0.15) is 80.7 Å². The van der Waals surface area contributed by atoms with Gasteiger partial charge in [0.2, 0.25) is 0 Å². The smallest absolute Gasteiger partial charge is 0.251 e. The van der Waals surface area contributed by atoms with Gasteiger partial charge in [-0.1, -0.05) is 82.3 Å². The Morgan fingerprint density at radius 1 is 0.583 bits per heavy atom. The van der Waals surface area contributed by atoms with Crippen LogP contribution in [0.4, 0.5) is 0 Å². The van der Waals surface area contributed by atoms with E-state index in [-0.39, 0.29) is 23.9 Å². The van der Waals surface area contributed by atoms with Crippen molar-refractivity contribution in [1.29, 1.82) is 0 Å². The second-order valence-corrected chi connectivity index (χ2v) is 14.7. The van der Waals surface area contributed by atoms with Crippen molar-refractivity contribution in [3.05, 3.63) is 143 Å². The summed E-state index contributed by atoms with van der Waals surface area (Å²) in [5.74, 6) is -0.186. The lowest BCUT2D eigenvalue weighted by Crippen LogP contribution is -2.31. The summed E-state index contributed by atoms with van der Waals surface area (Å²) in [6.45, 7) is 0.